The molecule has 4 aromatic rings. The minimum atomic E-state index is -4.49. The van der Waals surface area contributed by atoms with Crippen LogP contribution >= 0.6 is 0 Å². The monoisotopic (exact) mass is 473 g/mol. The Hall–Kier alpha value is -3.82. The lowest BCUT2D eigenvalue weighted by atomic mass is 9.92. The average molecular weight is 473 g/mol. The van der Waals surface area contributed by atoms with Gasteiger partial charge in [-0.05, 0) is 41.8 Å². The molecule has 5 rings (SSSR count). The maximum absolute atomic E-state index is 15.0. The van der Waals surface area contributed by atoms with E-state index in [1.54, 1.807) is 42.3 Å². The van der Waals surface area contributed by atoms with Gasteiger partial charge >= 0.3 is 6.18 Å². The molecule has 0 radical (unpaired) electrons. The normalized spacial score (nSPS) is 14.1. The van der Waals surface area contributed by atoms with Crippen LogP contribution in [0, 0.1) is 5.82 Å². The Kier molecular flexibility index (Phi) is 5.11. The number of nitrogens with zero attached hydrogens (tertiary/aromatic N) is 3. The van der Waals surface area contributed by atoms with Crippen LogP contribution in [0.25, 0.3) is 33.2 Å². The minimum absolute atomic E-state index is 0.0623. The van der Waals surface area contributed by atoms with E-state index in [0.717, 1.165) is 4.90 Å². The number of fused-ring (bicyclic) bond motifs is 2. The third-order valence-corrected chi connectivity index (χ3v) is 5.92. The molecule has 0 saturated carbocycles. The van der Waals surface area contributed by atoms with E-state index in [9.17, 15) is 22.4 Å². The number of benzene rings is 2. The quantitative estimate of drug-likeness (QED) is 0.382. The van der Waals surface area contributed by atoms with Crippen molar-refractivity contribution in [3.63, 3.8) is 0 Å². The fourth-order valence-corrected chi connectivity index (χ4v) is 4.36. The molecular weight excluding hydrogens is 454 g/mol. The molecule has 0 aliphatic carbocycles. The molecule has 176 valence electrons. The van der Waals surface area contributed by atoms with Crippen molar-refractivity contribution in [3.05, 3.63) is 59.9 Å². The van der Waals surface area contributed by atoms with E-state index < -0.39 is 24.4 Å². The molecule has 2 aromatic heterocycles. The van der Waals surface area contributed by atoms with Crippen LogP contribution in [0.15, 0.2) is 47.3 Å². The number of furan rings is 1. The zero-order chi connectivity index (χ0) is 24.2. The third-order valence-electron chi connectivity index (χ3n) is 5.92. The summed E-state index contributed by atoms with van der Waals surface area (Å²) in [6.45, 7) is -1.38. The Morgan fingerprint density at radius 1 is 1.15 bits per heavy atom. The van der Waals surface area contributed by atoms with Crippen molar-refractivity contribution in [1.82, 2.24) is 14.7 Å². The summed E-state index contributed by atoms with van der Waals surface area (Å²) in [5.41, 5.74) is 3.29. The van der Waals surface area contributed by atoms with E-state index in [2.05, 4.69) is 5.10 Å². The predicted molar refractivity (Wildman–Crippen MR) is 116 cm³/mol. The molecule has 1 aliphatic heterocycles. The zero-order valence-electron chi connectivity index (χ0n) is 18.2. The fraction of sp³-hybridized carbons (Fsp3) is 0.250. The van der Waals surface area contributed by atoms with Gasteiger partial charge in [0.25, 0.3) is 5.91 Å². The van der Waals surface area contributed by atoms with Gasteiger partial charge in [-0.3, -0.25) is 9.48 Å². The standard InChI is InChI=1S/C24H19F4N3O3/c1-30-10-15(9-29-30)16-8-20-17(7-19(16)25)18(11-34-20)14-5-13-3-4-31(12-24(26,27)28)23(32)22(13)21(6-14)33-2/h5-11H,3-4,12H2,1-2H3. The Bertz CT molecular complexity index is 1400. The summed E-state index contributed by atoms with van der Waals surface area (Å²) in [5.74, 6) is -1.02. The predicted octanol–water partition coefficient (Wildman–Crippen LogP) is 5.21. The number of alkyl halides is 3. The number of ether oxygens (including phenoxy) is 1. The zero-order valence-corrected chi connectivity index (χ0v) is 18.2. The van der Waals surface area contributed by atoms with Crippen LogP contribution in [0.3, 0.4) is 0 Å². The summed E-state index contributed by atoms with van der Waals surface area (Å²) in [6, 6.07) is 6.25. The van der Waals surface area contributed by atoms with Crippen molar-refractivity contribution in [2.24, 2.45) is 7.05 Å². The summed E-state index contributed by atoms with van der Waals surface area (Å²) >= 11 is 0. The SMILES string of the molecule is COc1cc(-c2coc3cc(-c4cnn(C)c4)c(F)cc23)cc2c1C(=O)N(CC(F)(F)F)CC2. The number of aryl methyl sites for hydroxylation is 1. The van der Waals surface area contributed by atoms with Gasteiger partial charge in [0.1, 0.15) is 23.7 Å². The van der Waals surface area contributed by atoms with Gasteiger partial charge in [0.2, 0.25) is 0 Å². The van der Waals surface area contributed by atoms with E-state index in [-0.39, 0.29) is 24.3 Å². The number of hydrogen-bond donors (Lipinski definition) is 0. The number of halogens is 4. The van der Waals surface area contributed by atoms with Crippen molar-refractivity contribution in [3.8, 4) is 28.0 Å². The van der Waals surface area contributed by atoms with Crippen LogP contribution in [0.2, 0.25) is 0 Å². The van der Waals surface area contributed by atoms with Gasteiger partial charge < -0.3 is 14.1 Å². The first-order valence-electron chi connectivity index (χ1n) is 10.4. The molecular formula is C24H19F4N3O3. The molecule has 0 unspecified atom stereocenters. The first kappa shape index (κ1) is 22.0. The van der Waals surface area contributed by atoms with Crippen LogP contribution in [0.5, 0.6) is 5.75 Å². The molecule has 0 N–H and O–H groups in total. The number of amides is 1. The van der Waals surface area contributed by atoms with Crippen molar-refractivity contribution in [2.75, 3.05) is 20.2 Å². The number of rotatable bonds is 4. The molecule has 34 heavy (non-hydrogen) atoms. The molecule has 0 saturated heterocycles. The Labute approximate surface area is 191 Å². The third kappa shape index (κ3) is 3.78. The van der Waals surface area contributed by atoms with Gasteiger partial charge in [0.05, 0.1) is 25.1 Å². The van der Waals surface area contributed by atoms with Crippen LogP contribution in [-0.4, -0.2) is 47.0 Å². The molecule has 6 nitrogen and oxygen atoms in total. The Morgan fingerprint density at radius 2 is 1.94 bits per heavy atom. The van der Waals surface area contributed by atoms with Crippen molar-refractivity contribution < 1.29 is 31.5 Å². The first-order valence-corrected chi connectivity index (χ1v) is 10.4. The van der Waals surface area contributed by atoms with E-state index in [4.69, 9.17) is 9.15 Å². The summed E-state index contributed by atoms with van der Waals surface area (Å²) in [4.78, 5) is 13.5. The van der Waals surface area contributed by atoms with Gasteiger partial charge in [-0.2, -0.15) is 18.3 Å². The van der Waals surface area contributed by atoms with Crippen LogP contribution in [-0.2, 0) is 13.5 Å². The van der Waals surface area contributed by atoms with E-state index in [1.807, 2.05) is 0 Å². The highest BCUT2D eigenvalue weighted by molar-refractivity contribution is 6.02. The van der Waals surface area contributed by atoms with Gasteiger partial charge in [-0.25, -0.2) is 4.39 Å². The molecule has 1 amide bonds. The van der Waals surface area contributed by atoms with Crippen molar-refractivity contribution >= 4 is 16.9 Å². The van der Waals surface area contributed by atoms with E-state index in [1.165, 1.54) is 19.4 Å². The van der Waals surface area contributed by atoms with E-state index in [0.29, 0.717) is 38.8 Å². The molecule has 0 spiro atoms. The highest BCUT2D eigenvalue weighted by Crippen LogP contribution is 2.39. The lowest BCUT2D eigenvalue weighted by molar-refractivity contribution is -0.141. The minimum Gasteiger partial charge on any atom is -0.496 e. The second kappa shape index (κ2) is 7.89. The maximum atomic E-state index is 15.0. The Morgan fingerprint density at radius 3 is 2.62 bits per heavy atom. The number of methoxy groups -OCH3 is 1. The van der Waals surface area contributed by atoms with Gasteiger partial charge in [0.15, 0.2) is 0 Å². The van der Waals surface area contributed by atoms with Crippen molar-refractivity contribution in [1.29, 1.82) is 0 Å². The molecule has 10 heteroatoms. The van der Waals surface area contributed by atoms with Crippen molar-refractivity contribution in [2.45, 2.75) is 12.6 Å². The lowest BCUT2D eigenvalue weighted by Crippen LogP contribution is -2.43. The van der Waals surface area contributed by atoms with Crippen LogP contribution in [0.1, 0.15) is 15.9 Å². The summed E-state index contributed by atoms with van der Waals surface area (Å²) in [5, 5.41) is 4.59. The largest absolute Gasteiger partial charge is 0.496 e. The van der Waals surface area contributed by atoms with E-state index >= 15 is 0 Å². The molecule has 3 heterocycles. The summed E-state index contributed by atoms with van der Waals surface area (Å²) in [7, 11) is 3.09. The number of aromatic nitrogens is 2. The summed E-state index contributed by atoms with van der Waals surface area (Å²) in [6.07, 6.45) is 0.480. The highest BCUT2D eigenvalue weighted by Gasteiger charge is 2.37. The number of carbonyl (C=O) groups is 1. The van der Waals surface area contributed by atoms with Crippen LogP contribution < -0.4 is 4.74 Å². The summed E-state index contributed by atoms with van der Waals surface area (Å²) < 4.78 is 66.2. The smallest absolute Gasteiger partial charge is 0.406 e. The van der Waals surface area contributed by atoms with Gasteiger partial charge in [0, 0.05) is 41.9 Å². The number of carbonyl (C=O) groups excluding carboxylic acids is 1. The molecule has 0 bridgehead atoms. The van der Waals surface area contributed by atoms with Gasteiger partial charge in [-0.1, -0.05) is 0 Å². The first-order chi connectivity index (χ1) is 16.1. The lowest BCUT2D eigenvalue weighted by Gasteiger charge is -2.30. The fourth-order valence-electron chi connectivity index (χ4n) is 4.36. The highest BCUT2D eigenvalue weighted by atomic mass is 19.4. The van der Waals surface area contributed by atoms with Crippen LogP contribution in [0.4, 0.5) is 17.6 Å². The average Bonchev–Trinajstić information content (AvgIpc) is 3.39. The molecule has 0 atom stereocenters. The molecule has 2 aromatic carbocycles. The maximum Gasteiger partial charge on any atom is 0.406 e. The topological polar surface area (TPSA) is 60.5 Å². The Balaban J connectivity index is 1.57. The molecule has 0 fully saturated rings. The second-order valence-electron chi connectivity index (χ2n) is 8.18. The second-order valence-corrected chi connectivity index (χ2v) is 8.18. The number of hydrogen-bond acceptors (Lipinski definition) is 4. The van der Waals surface area contributed by atoms with Gasteiger partial charge in [-0.15, -0.1) is 0 Å². The molecule has 1 aliphatic rings.